The van der Waals surface area contributed by atoms with Crippen LogP contribution in [0.5, 0.6) is 0 Å². The molecular weight excluding hydrogens is 317 g/mol. The molecule has 1 aromatic rings. The number of amides is 2. The van der Waals surface area contributed by atoms with Gasteiger partial charge in [0.2, 0.25) is 5.91 Å². The van der Waals surface area contributed by atoms with Crippen molar-refractivity contribution in [2.75, 3.05) is 6.54 Å². The molecule has 0 aromatic heterocycles. The number of aliphatic carboxylic acids is 1. The maximum absolute atomic E-state index is 12.4. The van der Waals surface area contributed by atoms with Gasteiger partial charge in [0.15, 0.2) is 0 Å². The molecule has 6 nitrogen and oxygen atoms in total. The van der Waals surface area contributed by atoms with Crippen molar-refractivity contribution in [2.24, 2.45) is 0 Å². The zero-order valence-corrected chi connectivity index (χ0v) is 12.1. The third kappa shape index (κ3) is 5.61. The van der Waals surface area contributed by atoms with E-state index in [9.17, 15) is 27.6 Å². The molecule has 1 atom stereocenters. The van der Waals surface area contributed by atoms with Gasteiger partial charge in [-0.05, 0) is 30.7 Å². The number of alkyl halides is 3. The number of benzene rings is 1. The van der Waals surface area contributed by atoms with Crippen molar-refractivity contribution >= 4 is 17.8 Å². The van der Waals surface area contributed by atoms with Gasteiger partial charge in [0, 0.05) is 5.56 Å². The van der Waals surface area contributed by atoms with Crippen molar-refractivity contribution in [2.45, 2.75) is 25.6 Å². The molecule has 2 amide bonds. The molecule has 0 spiro atoms. The minimum Gasteiger partial charge on any atom is -0.480 e. The Hall–Kier alpha value is -2.58. The SMILES string of the molecule is CCC(NC(=O)CNC(=O)c1ccc(C(F)(F)F)cc1)C(=O)O. The van der Waals surface area contributed by atoms with E-state index >= 15 is 0 Å². The van der Waals surface area contributed by atoms with E-state index in [-0.39, 0.29) is 12.0 Å². The molecule has 0 aliphatic heterocycles. The van der Waals surface area contributed by atoms with Crippen LogP contribution in [-0.2, 0) is 15.8 Å². The first-order valence-corrected chi connectivity index (χ1v) is 6.62. The number of carboxylic acid groups (broad SMARTS) is 1. The average molecular weight is 332 g/mol. The van der Waals surface area contributed by atoms with Crippen LogP contribution in [0.15, 0.2) is 24.3 Å². The van der Waals surface area contributed by atoms with Crippen molar-refractivity contribution < 1.29 is 32.7 Å². The summed E-state index contributed by atoms with van der Waals surface area (Å²) in [6, 6.07) is 2.43. The Morgan fingerprint density at radius 1 is 1.17 bits per heavy atom. The molecule has 3 N–H and O–H groups in total. The van der Waals surface area contributed by atoms with Gasteiger partial charge >= 0.3 is 12.1 Å². The number of carboxylic acids is 1. The van der Waals surface area contributed by atoms with Gasteiger partial charge in [-0.2, -0.15) is 13.2 Å². The van der Waals surface area contributed by atoms with Crippen molar-refractivity contribution in [3.8, 4) is 0 Å². The van der Waals surface area contributed by atoms with Gasteiger partial charge in [0.05, 0.1) is 12.1 Å². The quantitative estimate of drug-likeness (QED) is 0.734. The Morgan fingerprint density at radius 3 is 2.17 bits per heavy atom. The van der Waals surface area contributed by atoms with Crippen molar-refractivity contribution in [3.05, 3.63) is 35.4 Å². The van der Waals surface area contributed by atoms with Gasteiger partial charge in [0.1, 0.15) is 6.04 Å². The van der Waals surface area contributed by atoms with E-state index in [1.54, 1.807) is 6.92 Å². The van der Waals surface area contributed by atoms with Crippen molar-refractivity contribution in [1.82, 2.24) is 10.6 Å². The van der Waals surface area contributed by atoms with Gasteiger partial charge in [-0.25, -0.2) is 4.79 Å². The van der Waals surface area contributed by atoms with Crippen LogP contribution in [0.25, 0.3) is 0 Å². The van der Waals surface area contributed by atoms with Crippen LogP contribution in [0.1, 0.15) is 29.3 Å². The molecule has 0 aliphatic carbocycles. The van der Waals surface area contributed by atoms with Crippen LogP contribution in [0.2, 0.25) is 0 Å². The Kier molecular flexibility index (Phi) is 6.11. The van der Waals surface area contributed by atoms with Gasteiger partial charge in [-0.3, -0.25) is 9.59 Å². The zero-order chi connectivity index (χ0) is 17.6. The second-order valence-corrected chi connectivity index (χ2v) is 4.62. The van der Waals surface area contributed by atoms with E-state index in [2.05, 4.69) is 10.6 Å². The number of carbonyl (C=O) groups excluding carboxylic acids is 2. The van der Waals surface area contributed by atoms with Crippen LogP contribution in [0, 0.1) is 0 Å². The number of hydrogen-bond donors (Lipinski definition) is 3. The van der Waals surface area contributed by atoms with Crippen LogP contribution in [0.3, 0.4) is 0 Å². The third-order valence-electron chi connectivity index (χ3n) is 2.93. The van der Waals surface area contributed by atoms with E-state index in [0.29, 0.717) is 0 Å². The Labute approximate surface area is 129 Å². The highest BCUT2D eigenvalue weighted by atomic mass is 19.4. The summed E-state index contributed by atoms with van der Waals surface area (Å²) in [6.45, 7) is 1.09. The van der Waals surface area contributed by atoms with E-state index in [1.807, 2.05) is 0 Å². The Morgan fingerprint density at radius 2 is 1.74 bits per heavy atom. The standard InChI is InChI=1S/C14H15F3N2O4/c1-2-10(13(22)23)19-11(20)7-18-12(21)8-3-5-9(6-4-8)14(15,16)17/h3-6,10H,2,7H2,1H3,(H,18,21)(H,19,20)(H,22,23). The van der Waals surface area contributed by atoms with E-state index in [4.69, 9.17) is 5.11 Å². The summed E-state index contributed by atoms with van der Waals surface area (Å²) in [5.41, 5.74) is -0.935. The van der Waals surface area contributed by atoms with E-state index in [1.165, 1.54) is 0 Å². The van der Waals surface area contributed by atoms with Gasteiger partial charge in [-0.1, -0.05) is 6.92 Å². The van der Waals surface area contributed by atoms with E-state index in [0.717, 1.165) is 24.3 Å². The maximum atomic E-state index is 12.4. The highest BCUT2D eigenvalue weighted by Crippen LogP contribution is 2.28. The molecule has 1 rings (SSSR count). The topological polar surface area (TPSA) is 95.5 Å². The average Bonchev–Trinajstić information content (AvgIpc) is 2.49. The number of rotatable bonds is 6. The number of carbonyl (C=O) groups is 3. The summed E-state index contributed by atoms with van der Waals surface area (Å²) in [4.78, 5) is 34.0. The fourth-order valence-electron chi connectivity index (χ4n) is 1.66. The van der Waals surface area contributed by atoms with Crippen molar-refractivity contribution in [3.63, 3.8) is 0 Å². The first kappa shape index (κ1) is 18.5. The summed E-state index contributed by atoms with van der Waals surface area (Å²) in [5, 5.41) is 13.2. The molecule has 0 fully saturated rings. The summed E-state index contributed by atoms with van der Waals surface area (Å²) in [6.07, 6.45) is -4.32. The predicted octanol–water partition coefficient (Wildman–Crippen LogP) is 1.41. The minimum absolute atomic E-state index is 0.0453. The molecule has 1 unspecified atom stereocenters. The molecule has 9 heteroatoms. The Bertz CT molecular complexity index is 585. The Balaban J connectivity index is 2.57. The smallest absolute Gasteiger partial charge is 0.416 e. The molecule has 126 valence electrons. The lowest BCUT2D eigenvalue weighted by Gasteiger charge is -2.12. The molecule has 0 aliphatic rings. The maximum Gasteiger partial charge on any atom is 0.416 e. The van der Waals surface area contributed by atoms with E-state index < -0.39 is 42.1 Å². The number of halogens is 3. The fraction of sp³-hybridized carbons (Fsp3) is 0.357. The second kappa shape index (κ2) is 7.61. The predicted molar refractivity (Wildman–Crippen MR) is 73.6 cm³/mol. The number of nitrogens with one attached hydrogen (secondary N) is 2. The molecule has 0 radical (unpaired) electrons. The van der Waals surface area contributed by atoms with Crippen LogP contribution in [-0.4, -0.2) is 35.5 Å². The highest BCUT2D eigenvalue weighted by molar-refractivity contribution is 5.96. The first-order valence-electron chi connectivity index (χ1n) is 6.62. The monoisotopic (exact) mass is 332 g/mol. The summed E-state index contributed by atoms with van der Waals surface area (Å²) in [5.74, 6) is -2.65. The van der Waals surface area contributed by atoms with Gasteiger partial charge in [0.25, 0.3) is 5.91 Å². The molecular formula is C14H15F3N2O4. The highest BCUT2D eigenvalue weighted by Gasteiger charge is 2.30. The molecule has 1 aromatic carbocycles. The number of hydrogen-bond acceptors (Lipinski definition) is 3. The summed E-state index contributed by atoms with van der Waals surface area (Å²) in [7, 11) is 0. The van der Waals surface area contributed by atoms with Crippen LogP contribution in [0.4, 0.5) is 13.2 Å². The lowest BCUT2D eigenvalue weighted by molar-refractivity contribution is -0.141. The van der Waals surface area contributed by atoms with Crippen molar-refractivity contribution in [1.29, 1.82) is 0 Å². The largest absolute Gasteiger partial charge is 0.480 e. The molecule has 0 heterocycles. The fourth-order valence-corrected chi connectivity index (χ4v) is 1.66. The zero-order valence-electron chi connectivity index (χ0n) is 12.1. The molecule has 0 bridgehead atoms. The normalized spacial score (nSPS) is 12.3. The lowest BCUT2D eigenvalue weighted by atomic mass is 10.1. The molecule has 23 heavy (non-hydrogen) atoms. The van der Waals surface area contributed by atoms with Gasteiger partial charge in [-0.15, -0.1) is 0 Å². The third-order valence-corrected chi connectivity index (χ3v) is 2.93. The second-order valence-electron chi connectivity index (χ2n) is 4.62. The molecule has 0 saturated carbocycles. The van der Waals surface area contributed by atoms with Crippen LogP contribution < -0.4 is 10.6 Å². The first-order chi connectivity index (χ1) is 10.6. The summed E-state index contributed by atoms with van der Waals surface area (Å²) >= 11 is 0. The van der Waals surface area contributed by atoms with Gasteiger partial charge < -0.3 is 15.7 Å². The summed E-state index contributed by atoms with van der Waals surface area (Å²) < 4.78 is 37.2. The van der Waals surface area contributed by atoms with Crippen LogP contribution >= 0.6 is 0 Å². The lowest BCUT2D eigenvalue weighted by Crippen LogP contribution is -2.45. The minimum atomic E-state index is -4.50. The molecule has 0 saturated heterocycles.